The zero-order valence-electron chi connectivity index (χ0n) is 16.0. The van der Waals surface area contributed by atoms with Crippen LogP contribution in [0.4, 0.5) is 0 Å². The van der Waals surface area contributed by atoms with Crippen LogP contribution in [0.3, 0.4) is 0 Å². The van der Waals surface area contributed by atoms with Crippen molar-refractivity contribution in [3.63, 3.8) is 0 Å². The Labute approximate surface area is 173 Å². The summed E-state index contributed by atoms with van der Waals surface area (Å²) in [5.74, 6) is 1.44. The van der Waals surface area contributed by atoms with Crippen LogP contribution in [-0.2, 0) is 11.3 Å². The van der Waals surface area contributed by atoms with E-state index in [1.807, 2.05) is 44.4 Å². The molecule has 148 valence electrons. The van der Waals surface area contributed by atoms with Crippen LogP contribution >= 0.6 is 22.9 Å². The number of nitrogens with zero attached hydrogens (tertiary/aromatic N) is 3. The van der Waals surface area contributed by atoms with Crippen LogP contribution in [0.1, 0.15) is 31.7 Å². The maximum Gasteiger partial charge on any atom is 0.264 e. The van der Waals surface area contributed by atoms with Gasteiger partial charge in [-0.25, -0.2) is 0 Å². The number of carbonyl (C=O) groups excluding carboxylic acids is 1. The SMILES string of the molecule is CC[C@H](Oc1ccc(Cl)c(C)c1)C(=O)N(CC)Cc1nc(-c2cccs2)no1. The molecule has 28 heavy (non-hydrogen) atoms. The number of halogens is 1. The van der Waals surface area contributed by atoms with E-state index in [9.17, 15) is 4.79 Å². The third kappa shape index (κ3) is 4.72. The van der Waals surface area contributed by atoms with Crippen molar-refractivity contribution in [2.75, 3.05) is 6.54 Å². The molecule has 0 bridgehead atoms. The predicted octanol–water partition coefficient (Wildman–Crippen LogP) is 4.97. The molecule has 0 spiro atoms. The maximum absolute atomic E-state index is 13.0. The van der Waals surface area contributed by atoms with Crippen molar-refractivity contribution in [1.29, 1.82) is 0 Å². The topological polar surface area (TPSA) is 68.5 Å². The van der Waals surface area contributed by atoms with Gasteiger partial charge in [0, 0.05) is 11.6 Å². The number of aryl methyl sites for hydroxylation is 1. The Morgan fingerprint density at radius 1 is 1.36 bits per heavy atom. The third-order valence-corrected chi connectivity index (χ3v) is 5.57. The Morgan fingerprint density at radius 2 is 2.18 bits per heavy atom. The summed E-state index contributed by atoms with van der Waals surface area (Å²) in [6, 6.07) is 9.23. The highest BCUT2D eigenvalue weighted by Crippen LogP contribution is 2.24. The van der Waals surface area contributed by atoms with Crippen molar-refractivity contribution in [3.05, 3.63) is 52.2 Å². The van der Waals surface area contributed by atoms with Gasteiger partial charge in [-0.05, 0) is 55.5 Å². The number of rotatable bonds is 8. The smallest absolute Gasteiger partial charge is 0.264 e. The fourth-order valence-electron chi connectivity index (χ4n) is 2.70. The summed E-state index contributed by atoms with van der Waals surface area (Å²) in [7, 11) is 0. The van der Waals surface area contributed by atoms with E-state index in [0.29, 0.717) is 35.5 Å². The molecule has 0 saturated carbocycles. The van der Waals surface area contributed by atoms with Gasteiger partial charge in [0.1, 0.15) is 12.3 Å². The molecule has 3 aromatic rings. The molecule has 0 N–H and O–H groups in total. The van der Waals surface area contributed by atoms with E-state index in [2.05, 4.69) is 10.1 Å². The average molecular weight is 420 g/mol. The van der Waals surface area contributed by atoms with Gasteiger partial charge in [-0.3, -0.25) is 4.79 Å². The van der Waals surface area contributed by atoms with Crippen LogP contribution < -0.4 is 4.74 Å². The number of likely N-dealkylation sites (N-methyl/N-ethyl adjacent to an activating group) is 1. The summed E-state index contributed by atoms with van der Waals surface area (Å²) >= 11 is 7.60. The molecule has 0 fully saturated rings. The highest BCUT2D eigenvalue weighted by Gasteiger charge is 2.26. The number of hydrogen-bond donors (Lipinski definition) is 0. The molecular formula is C20H22ClN3O3S. The summed E-state index contributed by atoms with van der Waals surface area (Å²) in [5, 5.41) is 6.62. The van der Waals surface area contributed by atoms with E-state index in [0.717, 1.165) is 10.4 Å². The molecule has 0 unspecified atom stereocenters. The minimum absolute atomic E-state index is 0.117. The Balaban J connectivity index is 1.69. The Kier molecular flexibility index (Phi) is 6.70. The van der Waals surface area contributed by atoms with Crippen molar-refractivity contribution >= 4 is 28.8 Å². The van der Waals surface area contributed by atoms with Crippen molar-refractivity contribution in [3.8, 4) is 16.5 Å². The van der Waals surface area contributed by atoms with Crippen molar-refractivity contribution in [2.45, 2.75) is 39.8 Å². The highest BCUT2D eigenvalue weighted by atomic mass is 35.5. The summed E-state index contributed by atoms with van der Waals surface area (Å²) in [6.45, 7) is 6.48. The number of benzene rings is 1. The van der Waals surface area contributed by atoms with Crippen LogP contribution in [0.2, 0.25) is 5.02 Å². The molecule has 2 aromatic heterocycles. The van der Waals surface area contributed by atoms with Crippen LogP contribution in [0.5, 0.6) is 5.75 Å². The number of amides is 1. The lowest BCUT2D eigenvalue weighted by Gasteiger charge is -2.25. The average Bonchev–Trinajstić information content (AvgIpc) is 3.38. The second-order valence-corrected chi connectivity index (χ2v) is 7.62. The van der Waals surface area contributed by atoms with Gasteiger partial charge >= 0.3 is 0 Å². The summed E-state index contributed by atoms with van der Waals surface area (Å²) in [6.07, 6.45) is -0.0541. The van der Waals surface area contributed by atoms with Crippen molar-refractivity contribution < 1.29 is 14.1 Å². The second-order valence-electron chi connectivity index (χ2n) is 6.27. The van der Waals surface area contributed by atoms with Crippen LogP contribution in [0.25, 0.3) is 10.7 Å². The first-order valence-electron chi connectivity index (χ1n) is 9.09. The normalized spacial score (nSPS) is 12.0. The molecule has 6 nitrogen and oxygen atoms in total. The largest absolute Gasteiger partial charge is 0.481 e. The van der Waals surface area contributed by atoms with Gasteiger partial charge in [-0.2, -0.15) is 4.98 Å². The molecule has 1 amide bonds. The lowest BCUT2D eigenvalue weighted by atomic mass is 10.2. The number of hydrogen-bond acceptors (Lipinski definition) is 6. The van der Waals surface area contributed by atoms with Crippen molar-refractivity contribution in [1.82, 2.24) is 15.0 Å². The maximum atomic E-state index is 13.0. The summed E-state index contributed by atoms with van der Waals surface area (Å²) < 4.78 is 11.3. The fraction of sp³-hybridized carbons (Fsp3) is 0.350. The highest BCUT2D eigenvalue weighted by molar-refractivity contribution is 7.13. The van der Waals surface area contributed by atoms with E-state index in [4.69, 9.17) is 20.9 Å². The Morgan fingerprint density at radius 3 is 2.82 bits per heavy atom. The van der Waals surface area contributed by atoms with Gasteiger partial charge in [0.05, 0.1) is 4.88 Å². The van der Waals surface area contributed by atoms with E-state index < -0.39 is 6.10 Å². The molecule has 0 aliphatic carbocycles. The zero-order chi connectivity index (χ0) is 20.1. The van der Waals surface area contributed by atoms with Gasteiger partial charge in [-0.1, -0.05) is 29.7 Å². The Bertz CT molecular complexity index is 927. The fourth-order valence-corrected chi connectivity index (χ4v) is 3.47. The van der Waals surface area contributed by atoms with Gasteiger partial charge in [0.25, 0.3) is 5.91 Å². The van der Waals surface area contributed by atoms with E-state index in [1.54, 1.807) is 17.0 Å². The lowest BCUT2D eigenvalue weighted by Crippen LogP contribution is -2.41. The molecule has 0 radical (unpaired) electrons. The van der Waals surface area contributed by atoms with E-state index in [-0.39, 0.29) is 12.5 Å². The monoisotopic (exact) mass is 419 g/mol. The van der Waals surface area contributed by atoms with Gasteiger partial charge in [0.15, 0.2) is 6.10 Å². The van der Waals surface area contributed by atoms with Crippen LogP contribution in [0, 0.1) is 6.92 Å². The lowest BCUT2D eigenvalue weighted by molar-refractivity contribution is -0.139. The quantitative estimate of drug-likeness (QED) is 0.515. The molecule has 0 saturated heterocycles. The molecule has 1 atom stereocenters. The molecule has 0 aliphatic heterocycles. The van der Waals surface area contributed by atoms with Crippen molar-refractivity contribution in [2.24, 2.45) is 0 Å². The van der Waals surface area contributed by atoms with E-state index in [1.165, 1.54) is 11.3 Å². The van der Waals surface area contributed by atoms with Gasteiger partial charge < -0.3 is 14.2 Å². The first kappa shape index (κ1) is 20.4. The number of ether oxygens (including phenoxy) is 1. The summed E-state index contributed by atoms with van der Waals surface area (Å²) in [5.41, 5.74) is 0.904. The Hall–Kier alpha value is -2.38. The van der Waals surface area contributed by atoms with Crippen LogP contribution in [0.15, 0.2) is 40.2 Å². The summed E-state index contributed by atoms with van der Waals surface area (Å²) in [4.78, 5) is 20.0. The zero-order valence-corrected chi connectivity index (χ0v) is 17.6. The minimum Gasteiger partial charge on any atom is -0.481 e. The van der Waals surface area contributed by atoms with Crippen LogP contribution in [-0.4, -0.2) is 33.6 Å². The second kappa shape index (κ2) is 9.21. The number of thiophene rings is 1. The van der Waals surface area contributed by atoms with Gasteiger partial charge in [-0.15, -0.1) is 11.3 Å². The van der Waals surface area contributed by atoms with Gasteiger partial charge in [0.2, 0.25) is 11.7 Å². The number of carbonyl (C=O) groups is 1. The first-order chi connectivity index (χ1) is 13.5. The molecule has 2 heterocycles. The standard InChI is InChI=1S/C20H22ClN3O3S/c1-4-16(26-14-8-9-15(21)13(3)11-14)20(25)24(5-2)12-18-22-19(23-27-18)17-7-6-10-28-17/h6-11,16H,4-5,12H2,1-3H3/t16-/m0/s1. The molecular weight excluding hydrogens is 398 g/mol. The minimum atomic E-state index is -0.597. The molecule has 8 heteroatoms. The molecule has 1 aromatic carbocycles. The third-order valence-electron chi connectivity index (χ3n) is 4.28. The van der Waals surface area contributed by atoms with E-state index >= 15 is 0 Å². The first-order valence-corrected chi connectivity index (χ1v) is 10.4. The number of aromatic nitrogens is 2. The molecule has 0 aliphatic rings. The molecule has 3 rings (SSSR count). The predicted molar refractivity (Wildman–Crippen MR) is 110 cm³/mol.